The van der Waals surface area contributed by atoms with Gasteiger partial charge in [-0.15, -0.1) is 0 Å². The minimum atomic E-state index is -0.00782. The zero-order valence-corrected chi connectivity index (χ0v) is 21.5. The van der Waals surface area contributed by atoms with Gasteiger partial charge in [-0.05, 0) is 42.9 Å². The first-order valence-corrected chi connectivity index (χ1v) is 12.8. The molecule has 0 radical (unpaired) electrons. The number of rotatable bonds is 10. The number of hydrogen-bond acceptors (Lipinski definition) is 8. The standard InChI is InChI=1S/C28H32N6O4/c1-33-8-10-34(11-9-33)28(36)26-18-21-16-20(2-3-23(21)31-26)17-27-30-7-5-24(32-27)25-19-22(4-6-29-25)38-15-14-37-13-12-35/h2-7,16,18-19,31,35H,8-15,17H2,1H3. The van der Waals surface area contributed by atoms with E-state index in [1.54, 1.807) is 18.5 Å². The quantitative estimate of drug-likeness (QED) is 0.309. The van der Waals surface area contributed by atoms with Crippen LogP contribution in [0.2, 0.25) is 0 Å². The Kier molecular flexibility index (Phi) is 8.22. The fourth-order valence-corrected chi connectivity index (χ4v) is 4.42. The summed E-state index contributed by atoms with van der Waals surface area (Å²) in [6, 6.07) is 13.5. The molecule has 1 saturated heterocycles. The van der Waals surface area contributed by atoms with Gasteiger partial charge >= 0.3 is 0 Å². The number of fused-ring (bicyclic) bond motifs is 1. The molecule has 0 atom stereocenters. The number of ether oxygens (including phenoxy) is 2. The van der Waals surface area contributed by atoms with Gasteiger partial charge in [-0.2, -0.15) is 0 Å². The van der Waals surface area contributed by atoms with E-state index < -0.39 is 0 Å². The van der Waals surface area contributed by atoms with Gasteiger partial charge in [0.2, 0.25) is 0 Å². The van der Waals surface area contributed by atoms with Crippen molar-refractivity contribution in [2.45, 2.75) is 6.42 Å². The summed E-state index contributed by atoms with van der Waals surface area (Å²) in [4.78, 5) is 34.0. The van der Waals surface area contributed by atoms with Crippen molar-refractivity contribution in [2.75, 3.05) is 59.7 Å². The van der Waals surface area contributed by atoms with Crippen LogP contribution in [0.15, 0.2) is 54.9 Å². The normalized spacial score (nSPS) is 14.2. The zero-order valence-electron chi connectivity index (χ0n) is 21.5. The Hall–Kier alpha value is -3.86. The van der Waals surface area contributed by atoms with E-state index in [0.717, 1.165) is 42.6 Å². The summed E-state index contributed by atoms with van der Waals surface area (Å²) < 4.78 is 11.0. The van der Waals surface area contributed by atoms with Gasteiger partial charge in [0.1, 0.15) is 23.9 Å². The molecule has 38 heavy (non-hydrogen) atoms. The monoisotopic (exact) mass is 516 g/mol. The maximum absolute atomic E-state index is 13.0. The molecule has 198 valence electrons. The Morgan fingerprint density at radius 3 is 2.66 bits per heavy atom. The summed E-state index contributed by atoms with van der Waals surface area (Å²) in [5, 5.41) is 9.77. The first kappa shape index (κ1) is 25.8. The average Bonchev–Trinajstić information content (AvgIpc) is 3.37. The van der Waals surface area contributed by atoms with Crippen molar-refractivity contribution >= 4 is 16.8 Å². The maximum Gasteiger partial charge on any atom is 0.270 e. The second-order valence-electron chi connectivity index (χ2n) is 9.30. The fourth-order valence-electron chi connectivity index (χ4n) is 4.42. The predicted octanol–water partition coefficient (Wildman–Crippen LogP) is 2.39. The highest BCUT2D eigenvalue weighted by atomic mass is 16.5. The number of amides is 1. The van der Waals surface area contributed by atoms with Gasteiger partial charge in [0.25, 0.3) is 5.91 Å². The lowest BCUT2D eigenvalue weighted by Gasteiger charge is -2.32. The smallest absolute Gasteiger partial charge is 0.270 e. The van der Waals surface area contributed by atoms with E-state index in [0.29, 0.717) is 54.9 Å². The van der Waals surface area contributed by atoms with Gasteiger partial charge < -0.3 is 29.4 Å². The van der Waals surface area contributed by atoms with Crippen LogP contribution in [0.3, 0.4) is 0 Å². The number of hydrogen-bond donors (Lipinski definition) is 2. The molecule has 3 aromatic heterocycles. The Bertz CT molecular complexity index is 1380. The molecule has 1 aromatic carbocycles. The minimum Gasteiger partial charge on any atom is -0.491 e. The molecule has 2 N–H and O–H groups in total. The number of benzene rings is 1. The summed E-state index contributed by atoms with van der Waals surface area (Å²) in [6.07, 6.45) is 3.97. The van der Waals surface area contributed by atoms with E-state index in [1.165, 1.54) is 0 Å². The fraction of sp³-hybridized carbons (Fsp3) is 0.357. The van der Waals surface area contributed by atoms with Crippen LogP contribution in [0.4, 0.5) is 0 Å². The summed E-state index contributed by atoms with van der Waals surface area (Å²) in [5.74, 6) is 1.39. The molecule has 0 spiro atoms. The number of aliphatic hydroxyl groups is 1. The third-order valence-corrected chi connectivity index (χ3v) is 6.50. The van der Waals surface area contributed by atoms with Crippen molar-refractivity contribution in [3.63, 3.8) is 0 Å². The number of nitrogens with zero attached hydrogens (tertiary/aromatic N) is 5. The van der Waals surface area contributed by atoms with Gasteiger partial charge in [-0.3, -0.25) is 9.78 Å². The number of piperazine rings is 1. The number of pyridine rings is 1. The van der Waals surface area contributed by atoms with Crippen LogP contribution in [0.1, 0.15) is 21.9 Å². The molecule has 1 amide bonds. The van der Waals surface area contributed by atoms with Crippen LogP contribution in [-0.4, -0.2) is 100 Å². The Morgan fingerprint density at radius 1 is 0.974 bits per heavy atom. The SMILES string of the molecule is CN1CCN(C(=O)c2cc3cc(Cc4nccc(-c5cc(OCCOCCO)ccn5)n4)ccc3[nH]2)CC1. The molecule has 10 heteroatoms. The highest BCUT2D eigenvalue weighted by Crippen LogP contribution is 2.22. The summed E-state index contributed by atoms with van der Waals surface area (Å²) >= 11 is 0. The van der Waals surface area contributed by atoms with Gasteiger partial charge in [0.05, 0.1) is 31.2 Å². The Labute approximate surface area is 221 Å². The van der Waals surface area contributed by atoms with Crippen molar-refractivity contribution < 1.29 is 19.4 Å². The molecular weight excluding hydrogens is 484 g/mol. The lowest BCUT2D eigenvalue weighted by Crippen LogP contribution is -2.47. The molecule has 1 aliphatic rings. The third kappa shape index (κ3) is 6.34. The van der Waals surface area contributed by atoms with E-state index in [-0.39, 0.29) is 12.5 Å². The number of nitrogens with one attached hydrogen (secondary N) is 1. The molecule has 0 aliphatic carbocycles. The molecule has 0 saturated carbocycles. The van der Waals surface area contributed by atoms with Crippen molar-refractivity contribution in [3.8, 4) is 17.1 Å². The lowest BCUT2D eigenvalue weighted by atomic mass is 10.1. The van der Waals surface area contributed by atoms with E-state index in [9.17, 15) is 4.79 Å². The molecule has 0 unspecified atom stereocenters. The molecule has 4 aromatic rings. The summed E-state index contributed by atoms with van der Waals surface area (Å²) in [5.41, 5.74) is 4.01. The van der Waals surface area contributed by atoms with Crippen LogP contribution in [0, 0.1) is 0 Å². The number of carbonyl (C=O) groups excluding carboxylic acids is 1. The first-order valence-electron chi connectivity index (χ1n) is 12.8. The molecular formula is C28H32N6O4. The first-order chi connectivity index (χ1) is 18.6. The van der Waals surface area contributed by atoms with E-state index >= 15 is 0 Å². The number of carbonyl (C=O) groups is 1. The highest BCUT2D eigenvalue weighted by Gasteiger charge is 2.21. The van der Waals surface area contributed by atoms with Crippen LogP contribution >= 0.6 is 0 Å². The summed E-state index contributed by atoms with van der Waals surface area (Å²) in [6.45, 7) is 4.33. The van der Waals surface area contributed by atoms with Crippen LogP contribution in [0.5, 0.6) is 5.75 Å². The molecule has 10 nitrogen and oxygen atoms in total. The van der Waals surface area contributed by atoms with Gasteiger partial charge in [-0.25, -0.2) is 9.97 Å². The van der Waals surface area contributed by atoms with Crippen molar-refractivity contribution in [1.82, 2.24) is 29.7 Å². The summed E-state index contributed by atoms with van der Waals surface area (Å²) in [7, 11) is 2.08. The lowest BCUT2D eigenvalue weighted by molar-refractivity contribution is 0.0659. The molecule has 5 rings (SSSR count). The van der Waals surface area contributed by atoms with Crippen molar-refractivity contribution in [2.24, 2.45) is 0 Å². The average molecular weight is 517 g/mol. The van der Waals surface area contributed by atoms with Crippen molar-refractivity contribution in [3.05, 3.63) is 71.9 Å². The number of aromatic nitrogens is 4. The molecule has 1 aliphatic heterocycles. The van der Waals surface area contributed by atoms with Crippen molar-refractivity contribution in [1.29, 1.82) is 0 Å². The zero-order chi connectivity index (χ0) is 26.3. The predicted molar refractivity (Wildman–Crippen MR) is 143 cm³/mol. The second kappa shape index (κ2) is 12.1. The van der Waals surface area contributed by atoms with Crippen LogP contribution in [-0.2, 0) is 11.2 Å². The Morgan fingerprint density at radius 2 is 1.82 bits per heavy atom. The number of likely N-dealkylation sites (N-methyl/N-ethyl adjacent to an activating group) is 1. The Balaban J connectivity index is 1.26. The molecule has 1 fully saturated rings. The van der Waals surface area contributed by atoms with Gasteiger partial charge in [-0.1, -0.05) is 6.07 Å². The minimum absolute atomic E-state index is 0.00782. The number of H-pyrrole nitrogens is 1. The second-order valence-corrected chi connectivity index (χ2v) is 9.30. The van der Waals surface area contributed by atoms with E-state index in [2.05, 4.69) is 33.0 Å². The van der Waals surface area contributed by atoms with Crippen LogP contribution < -0.4 is 4.74 Å². The van der Waals surface area contributed by atoms with Gasteiger partial charge in [0, 0.05) is 62.0 Å². The van der Waals surface area contributed by atoms with Crippen LogP contribution in [0.25, 0.3) is 22.3 Å². The van der Waals surface area contributed by atoms with E-state index in [1.807, 2.05) is 35.2 Å². The largest absolute Gasteiger partial charge is 0.491 e. The number of aromatic amines is 1. The topological polar surface area (TPSA) is 117 Å². The number of aliphatic hydroxyl groups excluding tert-OH is 1. The van der Waals surface area contributed by atoms with Gasteiger partial charge in [0.15, 0.2) is 0 Å². The highest BCUT2D eigenvalue weighted by molar-refractivity contribution is 5.98. The molecule has 4 heterocycles. The third-order valence-electron chi connectivity index (χ3n) is 6.50. The molecule has 0 bridgehead atoms. The maximum atomic E-state index is 13.0. The van der Waals surface area contributed by atoms with E-state index in [4.69, 9.17) is 19.6 Å².